The standard InChI is InChI=1S/C40H58N2O4/c1-27(2)22-32(19-18-30-14-10-8-11-15-30)38(45)41-34(23-28(3)4)36(43)26-33(25-31-16-12-9-13-17-31)39(46)42-35(24-29(5)6)37(44)40(7)20-21-40/h8-17,27-29,32-35H,18-26H2,1-7H3,(H,41,45)(H,42,46)/t32-,33-,34+,35+/m1/s1. The molecule has 2 amide bonds. The summed E-state index contributed by atoms with van der Waals surface area (Å²) in [7, 11) is 0. The fraction of sp³-hybridized carbons (Fsp3) is 0.600. The van der Waals surface area contributed by atoms with E-state index in [0.29, 0.717) is 31.6 Å². The number of amides is 2. The van der Waals surface area contributed by atoms with Crippen LogP contribution in [0.4, 0.5) is 0 Å². The zero-order valence-corrected chi connectivity index (χ0v) is 29.3. The molecule has 1 fully saturated rings. The minimum Gasteiger partial charge on any atom is -0.346 e. The van der Waals surface area contributed by atoms with E-state index in [4.69, 9.17) is 0 Å². The van der Waals surface area contributed by atoms with Crippen molar-refractivity contribution in [1.29, 1.82) is 0 Å². The lowest BCUT2D eigenvalue weighted by Crippen LogP contribution is -2.49. The first-order valence-electron chi connectivity index (χ1n) is 17.5. The van der Waals surface area contributed by atoms with E-state index in [2.05, 4.69) is 50.5 Å². The highest BCUT2D eigenvalue weighted by Gasteiger charge is 2.48. The lowest BCUT2D eigenvalue weighted by atomic mass is 9.86. The van der Waals surface area contributed by atoms with Gasteiger partial charge in [0, 0.05) is 23.7 Å². The van der Waals surface area contributed by atoms with Crippen LogP contribution < -0.4 is 10.6 Å². The molecule has 252 valence electrons. The maximum Gasteiger partial charge on any atom is 0.224 e. The summed E-state index contributed by atoms with van der Waals surface area (Å²) in [6.45, 7) is 14.4. The summed E-state index contributed by atoms with van der Waals surface area (Å²) in [6.07, 6.45) is 5.39. The monoisotopic (exact) mass is 630 g/mol. The number of rotatable bonds is 20. The second-order valence-electron chi connectivity index (χ2n) is 15.2. The highest BCUT2D eigenvalue weighted by molar-refractivity contribution is 5.97. The summed E-state index contributed by atoms with van der Waals surface area (Å²) >= 11 is 0. The molecule has 0 spiro atoms. The molecule has 0 unspecified atom stereocenters. The zero-order chi connectivity index (χ0) is 33.9. The van der Waals surface area contributed by atoms with E-state index in [1.54, 1.807) is 0 Å². The molecule has 4 atom stereocenters. The molecule has 1 aliphatic carbocycles. The summed E-state index contributed by atoms with van der Waals surface area (Å²) in [6, 6.07) is 18.6. The summed E-state index contributed by atoms with van der Waals surface area (Å²) in [5.41, 5.74) is 1.79. The third-order valence-corrected chi connectivity index (χ3v) is 9.24. The van der Waals surface area contributed by atoms with Gasteiger partial charge in [-0.15, -0.1) is 0 Å². The van der Waals surface area contributed by atoms with Crippen LogP contribution in [-0.4, -0.2) is 35.5 Å². The molecule has 0 radical (unpaired) electrons. The highest BCUT2D eigenvalue weighted by Crippen LogP contribution is 2.47. The lowest BCUT2D eigenvalue weighted by Gasteiger charge is -2.27. The molecular weight excluding hydrogens is 572 g/mol. The number of benzene rings is 2. The maximum atomic E-state index is 14.0. The van der Waals surface area contributed by atoms with Crippen LogP contribution in [0.5, 0.6) is 0 Å². The van der Waals surface area contributed by atoms with Crippen LogP contribution in [0.25, 0.3) is 0 Å². The van der Waals surface area contributed by atoms with Gasteiger partial charge in [-0.2, -0.15) is 0 Å². The molecule has 0 saturated heterocycles. The number of carbonyl (C=O) groups excluding carboxylic acids is 4. The van der Waals surface area contributed by atoms with Crippen molar-refractivity contribution >= 4 is 23.4 Å². The van der Waals surface area contributed by atoms with E-state index in [-0.39, 0.29) is 53.0 Å². The van der Waals surface area contributed by atoms with Crippen molar-refractivity contribution < 1.29 is 19.2 Å². The molecule has 2 N–H and O–H groups in total. The predicted molar refractivity (Wildman–Crippen MR) is 186 cm³/mol. The van der Waals surface area contributed by atoms with Crippen molar-refractivity contribution in [3.05, 3.63) is 71.8 Å². The Morgan fingerprint density at radius 1 is 0.652 bits per heavy atom. The van der Waals surface area contributed by atoms with E-state index in [0.717, 1.165) is 31.2 Å². The number of hydrogen-bond acceptors (Lipinski definition) is 4. The summed E-state index contributed by atoms with van der Waals surface area (Å²) in [5, 5.41) is 6.22. The molecule has 1 saturated carbocycles. The van der Waals surface area contributed by atoms with E-state index in [1.165, 1.54) is 5.56 Å². The molecule has 2 aromatic carbocycles. The van der Waals surface area contributed by atoms with Gasteiger partial charge in [0.25, 0.3) is 0 Å². The molecule has 3 rings (SSSR count). The number of nitrogens with one attached hydrogen (secondary N) is 2. The largest absolute Gasteiger partial charge is 0.346 e. The third-order valence-electron chi connectivity index (χ3n) is 9.24. The first kappa shape index (κ1) is 37.2. The number of ketones is 2. The van der Waals surface area contributed by atoms with Crippen molar-refractivity contribution in [2.75, 3.05) is 0 Å². The van der Waals surface area contributed by atoms with Crippen LogP contribution in [-0.2, 0) is 32.0 Å². The van der Waals surface area contributed by atoms with Gasteiger partial charge in [-0.25, -0.2) is 0 Å². The summed E-state index contributed by atoms with van der Waals surface area (Å²) in [4.78, 5) is 55.1. The minimum absolute atomic E-state index is 0.00286. The third kappa shape index (κ3) is 12.1. The van der Waals surface area contributed by atoms with Gasteiger partial charge in [-0.1, -0.05) is 109 Å². The Balaban J connectivity index is 1.79. The smallest absolute Gasteiger partial charge is 0.224 e. The Kier molecular flexibility index (Phi) is 14.2. The Hall–Kier alpha value is -3.28. The van der Waals surface area contributed by atoms with E-state index >= 15 is 0 Å². The lowest BCUT2D eigenvalue weighted by molar-refractivity contribution is -0.135. The van der Waals surface area contributed by atoms with Gasteiger partial charge in [0.1, 0.15) is 0 Å². The maximum absolute atomic E-state index is 14.0. The number of hydrogen-bond donors (Lipinski definition) is 2. The molecule has 0 heterocycles. The van der Waals surface area contributed by atoms with E-state index in [1.807, 2.05) is 69.3 Å². The first-order valence-corrected chi connectivity index (χ1v) is 17.5. The van der Waals surface area contributed by atoms with Gasteiger partial charge in [-0.05, 0) is 80.2 Å². The molecule has 2 aromatic rings. The van der Waals surface area contributed by atoms with Gasteiger partial charge >= 0.3 is 0 Å². The van der Waals surface area contributed by atoms with Gasteiger partial charge in [0.05, 0.1) is 12.1 Å². The van der Waals surface area contributed by atoms with Crippen LogP contribution >= 0.6 is 0 Å². The van der Waals surface area contributed by atoms with Crippen molar-refractivity contribution in [3.8, 4) is 0 Å². The number of carbonyl (C=O) groups is 4. The predicted octanol–water partition coefficient (Wildman–Crippen LogP) is 7.53. The minimum atomic E-state index is -0.677. The molecule has 0 bridgehead atoms. The normalized spacial score (nSPS) is 16.5. The van der Waals surface area contributed by atoms with Crippen LogP contribution in [0.2, 0.25) is 0 Å². The van der Waals surface area contributed by atoms with Crippen LogP contribution in [0, 0.1) is 35.0 Å². The average molecular weight is 631 g/mol. The average Bonchev–Trinajstić information content (AvgIpc) is 3.76. The Morgan fingerprint density at radius 2 is 1.13 bits per heavy atom. The fourth-order valence-corrected chi connectivity index (χ4v) is 6.33. The summed E-state index contributed by atoms with van der Waals surface area (Å²) < 4.78 is 0. The molecular formula is C40H58N2O4. The fourth-order valence-electron chi connectivity index (χ4n) is 6.33. The van der Waals surface area contributed by atoms with Crippen molar-refractivity contribution in [2.45, 2.75) is 118 Å². The second kappa shape index (κ2) is 17.6. The van der Waals surface area contributed by atoms with Crippen molar-refractivity contribution in [2.24, 2.45) is 35.0 Å². The number of Topliss-reactive ketones (excluding diaryl/α,β-unsaturated/α-hetero) is 2. The van der Waals surface area contributed by atoms with Crippen molar-refractivity contribution in [1.82, 2.24) is 10.6 Å². The van der Waals surface area contributed by atoms with E-state index in [9.17, 15) is 19.2 Å². The van der Waals surface area contributed by atoms with Gasteiger partial charge in [-0.3, -0.25) is 19.2 Å². The topological polar surface area (TPSA) is 92.3 Å². The molecule has 0 aliphatic heterocycles. The highest BCUT2D eigenvalue weighted by atomic mass is 16.2. The molecule has 6 nitrogen and oxygen atoms in total. The molecule has 0 aromatic heterocycles. The molecule has 46 heavy (non-hydrogen) atoms. The summed E-state index contributed by atoms with van der Waals surface area (Å²) in [5.74, 6) is -0.514. The Morgan fingerprint density at radius 3 is 1.65 bits per heavy atom. The van der Waals surface area contributed by atoms with Crippen LogP contribution in [0.1, 0.15) is 105 Å². The van der Waals surface area contributed by atoms with E-state index < -0.39 is 18.0 Å². The molecule has 1 aliphatic rings. The van der Waals surface area contributed by atoms with Crippen molar-refractivity contribution in [3.63, 3.8) is 0 Å². The second-order valence-corrected chi connectivity index (χ2v) is 15.2. The Labute approximate surface area is 277 Å². The van der Waals surface area contributed by atoms with Gasteiger partial charge in [0.15, 0.2) is 11.6 Å². The molecule has 6 heteroatoms. The van der Waals surface area contributed by atoms with Gasteiger partial charge < -0.3 is 10.6 Å². The first-order chi connectivity index (χ1) is 21.8. The van der Waals surface area contributed by atoms with Crippen LogP contribution in [0.3, 0.4) is 0 Å². The SMILES string of the molecule is CC(C)C[C@@H](CCc1ccccc1)C(=O)N[C@@H](CC(C)C)C(=O)C[C@@H](Cc1ccccc1)C(=O)N[C@@H](CC(C)C)C(=O)C1(C)CC1. The number of aryl methyl sites for hydroxylation is 1. The quantitative estimate of drug-likeness (QED) is 0.158. The van der Waals surface area contributed by atoms with Gasteiger partial charge in [0.2, 0.25) is 11.8 Å². The Bertz CT molecular complexity index is 1270. The van der Waals surface area contributed by atoms with Crippen LogP contribution in [0.15, 0.2) is 60.7 Å². The zero-order valence-electron chi connectivity index (χ0n) is 29.3.